The number of benzene rings is 1. The van der Waals surface area contributed by atoms with Crippen LogP contribution in [-0.2, 0) is 20.9 Å². The van der Waals surface area contributed by atoms with Crippen molar-refractivity contribution in [2.75, 3.05) is 6.54 Å². The molecule has 0 spiro atoms. The average Bonchev–Trinajstić information content (AvgIpc) is 2.51. The van der Waals surface area contributed by atoms with Crippen molar-refractivity contribution in [3.8, 4) is 0 Å². The normalized spacial score (nSPS) is 11.1. The second-order valence-electron chi connectivity index (χ2n) is 4.46. The lowest BCUT2D eigenvalue weighted by Crippen LogP contribution is -2.47. The summed E-state index contributed by atoms with van der Waals surface area (Å²) in [6.07, 6.45) is 0.968. The molecule has 0 bridgehead atoms. The monoisotopic (exact) mass is 305 g/mol. The highest BCUT2D eigenvalue weighted by Crippen LogP contribution is 2.00. The number of nitrogens with two attached hydrogens (primary N) is 1. The van der Waals surface area contributed by atoms with Gasteiger partial charge in [0.25, 0.3) is 0 Å². The van der Waals surface area contributed by atoms with Gasteiger partial charge < -0.3 is 21.1 Å². The molecule has 3 amide bonds. The first-order chi connectivity index (χ1) is 10.5. The maximum absolute atomic E-state index is 11.6. The minimum Gasteiger partial charge on any atom is -0.445 e. The largest absolute Gasteiger partial charge is 0.445 e. The van der Waals surface area contributed by atoms with E-state index >= 15 is 0 Å². The summed E-state index contributed by atoms with van der Waals surface area (Å²) in [4.78, 5) is 34.1. The van der Waals surface area contributed by atoms with E-state index in [1.165, 1.54) is 6.08 Å². The van der Waals surface area contributed by atoms with E-state index in [1.807, 2.05) is 30.3 Å². The third-order valence-corrected chi connectivity index (χ3v) is 2.69. The Bertz CT molecular complexity index is 531. The second kappa shape index (κ2) is 9.17. The lowest BCUT2D eigenvalue weighted by Gasteiger charge is -2.13. The number of nitrogens with one attached hydrogen (secondary N) is 2. The van der Waals surface area contributed by atoms with Gasteiger partial charge in [-0.2, -0.15) is 0 Å². The Hall–Kier alpha value is -2.83. The standard InChI is InChI=1S/C15H19N3O4/c1-2-6-12(14(16)20)18-13(19)9-17-15(21)22-10-11-7-4-3-5-8-11/h2-5,7-8,12H,1,6,9-10H2,(H2,16,20)(H,17,21)(H,18,19)/t12-/m1/s1. The van der Waals surface area contributed by atoms with Gasteiger partial charge in [-0.1, -0.05) is 36.4 Å². The molecule has 0 saturated carbocycles. The molecule has 1 rings (SSSR count). The van der Waals surface area contributed by atoms with E-state index in [2.05, 4.69) is 17.2 Å². The van der Waals surface area contributed by atoms with Gasteiger partial charge in [0.05, 0.1) is 0 Å². The van der Waals surface area contributed by atoms with Gasteiger partial charge in [0.15, 0.2) is 0 Å². The molecule has 22 heavy (non-hydrogen) atoms. The number of ether oxygens (including phenoxy) is 1. The maximum atomic E-state index is 11.6. The highest BCUT2D eigenvalue weighted by Gasteiger charge is 2.16. The van der Waals surface area contributed by atoms with Crippen LogP contribution < -0.4 is 16.4 Å². The highest BCUT2D eigenvalue weighted by molar-refractivity contribution is 5.88. The van der Waals surface area contributed by atoms with Crippen LogP contribution in [0.2, 0.25) is 0 Å². The number of amides is 3. The summed E-state index contributed by atoms with van der Waals surface area (Å²) in [5, 5.41) is 4.68. The number of carbonyl (C=O) groups excluding carboxylic acids is 3. The predicted octanol–water partition coefficient (Wildman–Crippen LogP) is 0.459. The van der Waals surface area contributed by atoms with Gasteiger partial charge in [0.1, 0.15) is 19.2 Å². The second-order valence-corrected chi connectivity index (χ2v) is 4.46. The van der Waals surface area contributed by atoms with Crippen molar-refractivity contribution in [1.82, 2.24) is 10.6 Å². The Balaban J connectivity index is 2.29. The fourth-order valence-corrected chi connectivity index (χ4v) is 1.58. The number of hydrogen-bond donors (Lipinski definition) is 3. The van der Waals surface area contributed by atoms with Crippen molar-refractivity contribution in [3.05, 3.63) is 48.6 Å². The van der Waals surface area contributed by atoms with Gasteiger partial charge in [-0.3, -0.25) is 9.59 Å². The van der Waals surface area contributed by atoms with E-state index in [4.69, 9.17) is 10.5 Å². The summed E-state index contributed by atoms with van der Waals surface area (Å²) in [5.41, 5.74) is 5.96. The quantitative estimate of drug-likeness (QED) is 0.606. The molecule has 7 nitrogen and oxygen atoms in total. The van der Waals surface area contributed by atoms with E-state index in [-0.39, 0.29) is 19.6 Å². The van der Waals surface area contributed by atoms with Crippen molar-refractivity contribution in [3.63, 3.8) is 0 Å². The number of primary amides is 1. The fourth-order valence-electron chi connectivity index (χ4n) is 1.58. The van der Waals surface area contributed by atoms with Crippen molar-refractivity contribution in [2.24, 2.45) is 5.73 Å². The molecule has 0 aliphatic heterocycles. The molecule has 118 valence electrons. The third-order valence-electron chi connectivity index (χ3n) is 2.69. The van der Waals surface area contributed by atoms with Gasteiger partial charge >= 0.3 is 6.09 Å². The predicted molar refractivity (Wildman–Crippen MR) is 80.6 cm³/mol. The first-order valence-electron chi connectivity index (χ1n) is 6.67. The summed E-state index contributed by atoms with van der Waals surface area (Å²) < 4.78 is 4.94. The number of alkyl carbamates (subject to hydrolysis) is 1. The molecule has 4 N–H and O–H groups in total. The molecule has 1 aromatic rings. The summed E-state index contributed by atoms with van der Waals surface area (Å²) in [6, 6.07) is 8.29. The lowest BCUT2D eigenvalue weighted by atomic mass is 10.2. The molecule has 0 heterocycles. The smallest absolute Gasteiger partial charge is 0.407 e. The third kappa shape index (κ3) is 6.56. The molecule has 1 aromatic carbocycles. The van der Waals surface area contributed by atoms with Crippen LogP contribution in [0.3, 0.4) is 0 Å². The van der Waals surface area contributed by atoms with E-state index in [0.29, 0.717) is 0 Å². The summed E-state index contributed by atoms with van der Waals surface area (Å²) in [7, 11) is 0. The van der Waals surface area contributed by atoms with Crippen molar-refractivity contribution < 1.29 is 19.1 Å². The molecule has 1 atom stereocenters. The van der Waals surface area contributed by atoms with Gasteiger partial charge in [-0.05, 0) is 12.0 Å². The molecule has 0 aromatic heterocycles. The Morgan fingerprint density at radius 2 is 1.95 bits per heavy atom. The fraction of sp³-hybridized carbons (Fsp3) is 0.267. The first kappa shape index (κ1) is 17.2. The van der Waals surface area contributed by atoms with E-state index < -0.39 is 23.9 Å². The molecule has 0 fully saturated rings. The minimum absolute atomic E-state index is 0.106. The van der Waals surface area contributed by atoms with E-state index in [0.717, 1.165) is 5.56 Å². The van der Waals surface area contributed by atoms with Crippen LogP contribution in [0.25, 0.3) is 0 Å². The Morgan fingerprint density at radius 3 is 2.55 bits per heavy atom. The van der Waals surface area contributed by atoms with Crippen LogP contribution in [0.15, 0.2) is 43.0 Å². The SMILES string of the molecule is C=CC[C@@H](NC(=O)CNC(=O)OCc1ccccc1)C(N)=O. The molecular formula is C15H19N3O4. The molecular weight excluding hydrogens is 286 g/mol. The van der Waals surface area contributed by atoms with Crippen LogP contribution in [0.5, 0.6) is 0 Å². The van der Waals surface area contributed by atoms with Crippen LogP contribution in [0.1, 0.15) is 12.0 Å². The lowest BCUT2D eigenvalue weighted by molar-refractivity contribution is -0.126. The van der Waals surface area contributed by atoms with Gasteiger partial charge in [-0.15, -0.1) is 6.58 Å². The van der Waals surface area contributed by atoms with Crippen LogP contribution >= 0.6 is 0 Å². The average molecular weight is 305 g/mol. The van der Waals surface area contributed by atoms with Gasteiger partial charge in [-0.25, -0.2) is 4.79 Å². The van der Waals surface area contributed by atoms with Crippen LogP contribution in [0.4, 0.5) is 4.79 Å². The Kier molecular flexibility index (Phi) is 7.18. The molecule has 0 radical (unpaired) electrons. The van der Waals surface area contributed by atoms with E-state index in [1.54, 1.807) is 0 Å². The summed E-state index contributed by atoms with van der Waals surface area (Å²) in [5.74, 6) is -1.21. The van der Waals surface area contributed by atoms with Crippen LogP contribution in [-0.4, -0.2) is 30.5 Å². The molecule has 7 heteroatoms. The molecule has 0 saturated heterocycles. The Labute approximate surface area is 128 Å². The topological polar surface area (TPSA) is 111 Å². The molecule has 0 unspecified atom stereocenters. The minimum atomic E-state index is -0.841. The van der Waals surface area contributed by atoms with E-state index in [9.17, 15) is 14.4 Å². The van der Waals surface area contributed by atoms with Crippen molar-refractivity contribution >= 4 is 17.9 Å². The van der Waals surface area contributed by atoms with Crippen molar-refractivity contribution in [2.45, 2.75) is 19.1 Å². The summed E-state index contributed by atoms with van der Waals surface area (Å²) >= 11 is 0. The zero-order valence-electron chi connectivity index (χ0n) is 12.1. The number of carbonyl (C=O) groups is 3. The highest BCUT2D eigenvalue weighted by atomic mass is 16.5. The van der Waals surface area contributed by atoms with Gasteiger partial charge in [0.2, 0.25) is 11.8 Å². The van der Waals surface area contributed by atoms with Crippen LogP contribution in [0, 0.1) is 0 Å². The number of hydrogen-bond acceptors (Lipinski definition) is 4. The first-order valence-corrected chi connectivity index (χ1v) is 6.67. The summed E-state index contributed by atoms with van der Waals surface area (Å²) in [6.45, 7) is 3.26. The zero-order chi connectivity index (χ0) is 16.4. The Morgan fingerprint density at radius 1 is 1.27 bits per heavy atom. The number of rotatable bonds is 8. The van der Waals surface area contributed by atoms with Crippen molar-refractivity contribution in [1.29, 1.82) is 0 Å². The maximum Gasteiger partial charge on any atom is 0.407 e. The van der Waals surface area contributed by atoms with Gasteiger partial charge in [0, 0.05) is 0 Å². The zero-order valence-corrected chi connectivity index (χ0v) is 12.1. The molecule has 0 aliphatic rings. The molecule has 0 aliphatic carbocycles.